The molecule has 174 valence electrons. The van der Waals surface area contributed by atoms with Crippen LogP contribution in [0.5, 0.6) is 5.75 Å². The first kappa shape index (κ1) is 24.7. The maximum atomic E-state index is 13.5. The van der Waals surface area contributed by atoms with E-state index in [1.165, 1.54) is 4.90 Å². The number of amides is 2. The van der Waals surface area contributed by atoms with Crippen molar-refractivity contribution in [2.24, 2.45) is 0 Å². The standard InChI is InChI=1S/C18H22F4N2O6S/c1-17(2,3)29-16(26)23-14(15(25)24-9-8-12(19)10-24)11-4-6-13(7-5-11)30-31(27,28)18(20,21)22/h4-7,12,14H,8-10H2,1-3H3,(H,23,26)/t12-,14?/m0/s1. The summed E-state index contributed by atoms with van der Waals surface area (Å²) in [5, 5.41) is 2.36. The van der Waals surface area contributed by atoms with Gasteiger partial charge in [0.1, 0.15) is 23.6 Å². The van der Waals surface area contributed by atoms with Crippen LogP contribution in [0.3, 0.4) is 0 Å². The van der Waals surface area contributed by atoms with Crippen LogP contribution >= 0.6 is 0 Å². The van der Waals surface area contributed by atoms with Gasteiger partial charge in [-0.1, -0.05) is 12.1 Å². The lowest BCUT2D eigenvalue weighted by Crippen LogP contribution is -2.43. The van der Waals surface area contributed by atoms with Crippen LogP contribution < -0.4 is 9.50 Å². The highest BCUT2D eigenvalue weighted by atomic mass is 32.2. The molecule has 1 aliphatic heterocycles. The molecular weight excluding hydrogens is 448 g/mol. The van der Waals surface area contributed by atoms with Crippen molar-refractivity contribution in [3.05, 3.63) is 29.8 Å². The Labute approximate surface area is 176 Å². The van der Waals surface area contributed by atoms with Gasteiger partial charge in [-0.3, -0.25) is 4.79 Å². The second kappa shape index (κ2) is 8.89. The number of halogens is 4. The van der Waals surface area contributed by atoms with Crippen molar-refractivity contribution in [1.82, 2.24) is 10.2 Å². The van der Waals surface area contributed by atoms with Gasteiger partial charge in [0.05, 0.1) is 6.54 Å². The first-order chi connectivity index (χ1) is 14.1. The van der Waals surface area contributed by atoms with Crippen molar-refractivity contribution in [3.63, 3.8) is 0 Å². The molecule has 1 unspecified atom stereocenters. The van der Waals surface area contributed by atoms with E-state index in [1.54, 1.807) is 20.8 Å². The molecule has 1 saturated heterocycles. The molecule has 0 saturated carbocycles. The molecule has 0 aliphatic carbocycles. The number of nitrogens with zero attached hydrogens (tertiary/aromatic N) is 1. The zero-order valence-electron chi connectivity index (χ0n) is 16.9. The maximum absolute atomic E-state index is 13.5. The molecule has 1 aliphatic rings. The smallest absolute Gasteiger partial charge is 0.444 e. The third kappa shape index (κ3) is 6.71. The third-order valence-electron chi connectivity index (χ3n) is 4.05. The van der Waals surface area contributed by atoms with Crippen LogP contribution in [0.4, 0.5) is 22.4 Å². The lowest BCUT2D eigenvalue weighted by molar-refractivity contribution is -0.132. The van der Waals surface area contributed by atoms with E-state index in [4.69, 9.17) is 4.74 Å². The molecular formula is C18H22F4N2O6S. The largest absolute Gasteiger partial charge is 0.534 e. The van der Waals surface area contributed by atoms with Gasteiger partial charge in [-0.2, -0.15) is 21.6 Å². The summed E-state index contributed by atoms with van der Waals surface area (Å²) in [7, 11) is -5.87. The van der Waals surface area contributed by atoms with Crippen LogP contribution in [0.1, 0.15) is 38.8 Å². The summed E-state index contributed by atoms with van der Waals surface area (Å²) in [5.41, 5.74) is -6.38. The fourth-order valence-corrected chi connectivity index (χ4v) is 3.16. The minimum atomic E-state index is -5.87. The maximum Gasteiger partial charge on any atom is 0.534 e. The Kier molecular flexibility index (Phi) is 7.08. The number of ether oxygens (including phenoxy) is 1. The molecule has 2 amide bonds. The molecule has 1 heterocycles. The molecule has 1 fully saturated rings. The fraction of sp³-hybridized carbons (Fsp3) is 0.556. The molecule has 1 aromatic carbocycles. The summed E-state index contributed by atoms with van der Waals surface area (Å²) in [4.78, 5) is 26.2. The molecule has 13 heteroatoms. The number of alkyl halides is 4. The van der Waals surface area contributed by atoms with Crippen molar-refractivity contribution in [2.45, 2.75) is 50.5 Å². The lowest BCUT2D eigenvalue weighted by Gasteiger charge is -2.26. The number of carbonyl (C=O) groups is 2. The number of nitrogens with one attached hydrogen (secondary N) is 1. The lowest BCUT2D eigenvalue weighted by atomic mass is 10.1. The second-order valence-corrected chi connectivity index (χ2v) is 9.34. The van der Waals surface area contributed by atoms with E-state index in [1.807, 2.05) is 0 Å². The van der Waals surface area contributed by atoms with Crippen LogP contribution in [-0.4, -0.2) is 55.7 Å². The Morgan fingerprint density at radius 1 is 1.16 bits per heavy atom. The van der Waals surface area contributed by atoms with E-state index >= 15 is 0 Å². The van der Waals surface area contributed by atoms with Gasteiger partial charge in [-0.25, -0.2) is 9.18 Å². The van der Waals surface area contributed by atoms with Crippen molar-refractivity contribution in [2.75, 3.05) is 13.1 Å². The topological polar surface area (TPSA) is 102 Å². The van der Waals surface area contributed by atoms with Crippen LogP contribution in [0.25, 0.3) is 0 Å². The van der Waals surface area contributed by atoms with E-state index < -0.39 is 51.2 Å². The SMILES string of the molecule is CC(C)(C)OC(=O)NC(C(=O)N1CC[C@H](F)C1)c1ccc(OS(=O)(=O)C(F)(F)F)cc1. The molecule has 0 radical (unpaired) electrons. The predicted octanol–water partition coefficient (Wildman–Crippen LogP) is 3.05. The average Bonchev–Trinajstić information content (AvgIpc) is 3.03. The molecule has 2 rings (SSSR count). The molecule has 0 bridgehead atoms. The highest BCUT2D eigenvalue weighted by Crippen LogP contribution is 2.28. The minimum absolute atomic E-state index is 0.106. The number of likely N-dealkylation sites (tertiary alicyclic amines) is 1. The Balaban J connectivity index is 2.26. The van der Waals surface area contributed by atoms with Gasteiger partial charge >= 0.3 is 21.7 Å². The molecule has 2 atom stereocenters. The van der Waals surface area contributed by atoms with E-state index in [0.717, 1.165) is 24.3 Å². The van der Waals surface area contributed by atoms with Crippen LogP contribution in [0.2, 0.25) is 0 Å². The van der Waals surface area contributed by atoms with Gasteiger partial charge in [0.25, 0.3) is 0 Å². The number of hydrogen-bond acceptors (Lipinski definition) is 6. The first-order valence-corrected chi connectivity index (χ1v) is 10.5. The Hall–Kier alpha value is -2.57. The first-order valence-electron chi connectivity index (χ1n) is 9.12. The van der Waals surface area contributed by atoms with Gasteiger partial charge in [-0.05, 0) is 44.9 Å². The van der Waals surface area contributed by atoms with Crippen molar-refractivity contribution < 1.29 is 44.5 Å². The van der Waals surface area contributed by atoms with Crippen molar-refractivity contribution in [3.8, 4) is 5.75 Å². The van der Waals surface area contributed by atoms with E-state index in [2.05, 4.69) is 9.50 Å². The van der Waals surface area contributed by atoms with Crippen LogP contribution in [0.15, 0.2) is 24.3 Å². The van der Waals surface area contributed by atoms with Gasteiger partial charge in [0, 0.05) is 6.54 Å². The van der Waals surface area contributed by atoms with E-state index in [-0.39, 0.29) is 25.1 Å². The summed E-state index contributed by atoms with van der Waals surface area (Å²) in [5.74, 6) is -1.29. The molecule has 0 aromatic heterocycles. The minimum Gasteiger partial charge on any atom is -0.444 e. The third-order valence-corrected chi connectivity index (χ3v) is 5.03. The number of rotatable bonds is 5. The molecule has 8 nitrogen and oxygen atoms in total. The van der Waals surface area contributed by atoms with Gasteiger partial charge in [-0.15, -0.1) is 0 Å². The zero-order valence-corrected chi connectivity index (χ0v) is 17.7. The Morgan fingerprint density at radius 3 is 2.19 bits per heavy atom. The highest BCUT2D eigenvalue weighted by molar-refractivity contribution is 7.88. The normalized spacial score (nSPS) is 18.4. The molecule has 1 aromatic rings. The molecule has 1 N–H and O–H groups in total. The predicted molar refractivity (Wildman–Crippen MR) is 100 cm³/mol. The average molecular weight is 470 g/mol. The van der Waals surface area contributed by atoms with Gasteiger partial charge < -0.3 is 19.1 Å². The van der Waals surface area contributed by atoms with Gasteiger partial charge in [0.2, 0.25) is 5.91 Å². The quantitative estimate of drug-likeness (QED) is 0.403. The number of carbonyl (C=O) groups excluding carboxylic acids is 2. The Bertz CT molecular complexity index is 912. The van der Waals surface area contributed by atoms with Crippen molar-refractivity contribution >= 4 is 22.1 Å². The second-order valence-electron chi connectivity index (χ2n) is 7.80. The van der Waals surface area contributed by atoms with E-state index in [0.29, 0.717) is 0 Å². The summed E-state index contributed by atoms with van der Waals surface area (Å²) in [6.45, 7) is 4.76. The number of alkyl carbamates (subject to hydrolysis) is 1. The van der Waals surface area contributed by atoms with Crippen LogP contribution in [-0.2, 0) is 19.6 Å². The Morgan fingerprint density at radius 2 is 1.74 bits per heavy atom. The number of hydrogen-bond donors (Lipinski definition) is 1. The van der Waals surface area contributed by atoms with Gasteiger partial charge in [0.15, 0.2) is 0 Å². The summed E-state index contributed by atoms with van der Waals surface area (Å²) >= 11 is 0. The fourth-order valence-electron chi connectivity index (χ4n) is 2.70. The highest BCUT2D eigenvalue weighted by Gasteiger charge is 2.48. The zero-order chi connectivity index (χ0) is 23.6. The summed E-state index contributed by atoms with van der Waals surface area (Å²) < 4.78 is 82.3. The number of benzene rings is 1. The van der Waals surface area contributed by atoms with E-state index in [9.17, 15) is 35.6 Å². The molecule has 31 heavy (non-hydrogen) atoms. The summed E-state index contributed by atoms with van der Waals surface area (Å²) in [6, 6.07) is 2.69. The summed E-state index contributed by atoms with van der Waals surface area (Å²) in [6.07, 6.45) is -2.02. The van der Waals surface area contributed by atoms with Crippen molar-refractivity contribution in [1.29, 1.82) is 0 Å². The monoisotopic (exact) mass is 470 g/mol. The van der Waals surface area contributed by atoms with Crippen LogP contribution in [0, 0.1) is 0 Å². The molecule has 0 spiro atoms.